The second-order valence-electron chi connectivity index (χ2n) is 6.62. The summed E-state index contributed by atoms with van der Waals surface area (Å²) in [6, 6.07) is 0.252. The van der Waals surface area contributed by atoms with Gasteiger partial charge in [0.2, 0.25) is 5.91 Å². The summed E-state index contributed by atoms with van der Waals surface area (Å²) in [7, 11) is 1.75. The van der Waals surface area contributed by atoms with Gasteiger partial charge in [0.05, 0.1) is 6.10 Å². The third kappa shape index (κ3) is 2.28. The van der Waals surface area contributed by atoms with Gasteiger partial charge in [-0.25, -0.2) is 0 Å². The van der Waals surface area contributed by atoms with Crippen molar-refractivity contribution < 1.29 is 9.53 Å². The molecule has 0 aromatic carbocycles. The van der Waals surface area contributed by atoms with Crippen LogP contribution in [0.3, 0.4) is 0 Å². The first-order valence-electron chi connectivity index (χ1n) is 6.94. The Labute approximate surface area is 110 Å². The van der Waals surface area contributed by atoms with Crippen LogP contribution in [0.4, 0.5) is 0 Å². The van der Waals surface area contributed by atoms with Crippen molar-refractivity contribution in [1.29, 1.82) is 0 Å². The van der Waals surface area contributed by atoms with E-state index in [0.29, 0.717) is 0 Å². The summed E-state index contributed by atoms with van der Waals surface area (Å²) in [5, 5.41) is 6.54. The van der Waals surface area contributed by atoms with E-state index in [4.69, 9.17) is 4.74 Å². The average molecular weight is 254 g/mol. The van der Waals surface area contributed by atoms with Crippen LogP contribution in [0.5, 0.6) is 0 Å². The lowest BCUT2D eigenvalue weighted by Crippen LogP contribution is -2.63. The molecular weight excluding hydrogens is 228 g/mol. The number of methoxy groups -OCH3 is 1. The van der Waals surface area contributed by atoms with Gasteiger partial charge in [0.1, 0.15) is 0 Å². The number of hydrogen-bond donors (Lipinski definition) is 2. The molecule has 0 radical (unpaired) electrons. The molecule has 0 spiro atoms. The predicted octanol–water partition coefficient (Wildman–Crippen LogP) is 1.31. The van der Waals surface area contributed by atoms with Crippen molar-refractivity contribution in [1.82, 2.24) is 10.6 Å². The molecule has 1 saturated heterocycles. The van der Waals surface area contributed by atoms with Crippen LogP contribution in [0.15, 0.2) is 0 Å². The second kappa shape index (κ2) is 4.82. The van der Waals surface area contributed by atoms with Gasteiger partial charge < -0.3 is 15.4 Å². The first kappa shape index (κ1) is 13.8. The molecule has 1 amide bonds. The minimum absolute atomic E-state index is 0.0493. The van der Waals surface area contributed by atoms with Gasteiger partial charge in [0.25, 0.3) is 0 Å². The van der Waals surface area contributed by atoms with Crippen molar-refractivity contribution >= 4 is 5.91 Å². The highest BCUT2D eigenvalue weighted by molar-refractivity contribution is 5.82. The Balaban J connectivity index is 1.92. The lowest BCUT2D eigenvalue weighted by Gasteiger charge is -2.52. The molecule has 1 aliphatic heterocycles. The topological polar surface area (TPSA) is 50.4 Å². The fourth-order valence-electron chi connectivity index (χ4n) is 3.07. The van der Waals surface area contributed by atoms with Crippen molar-refractivity contribution in [2.75, 3.05) is 20.2 Å². The Morgan fingerprint density at radius 1 is 1.28 bits per heavy atom. The van der Waals surface area contributed by atoms with Crippen LogP contribution in [0.1, 0.15) is 40.0 Å². The summed E-state index contributed by atoms with van der Waals surface area (Å²) in [5.41, 5.74) is -0.146. The predicted molar refractivity (Wildman–Crippen MR) is 71.3 cm³/mol. The Morgan fingerprint density at radius 2 is 1.89 bits per heavy atom. The van der Waals surface area contributed by atoms with Gasteiger partial charge in [0, 0.05) is 24.0 Å². The molecule has 1 heterocycles. The van der Waals surface area contributed by atoms with Gasteiger partial charge in [0.15, 0.2) is 0 Å². The third-order valence-corrected chi connectivity index (χ3v) is 5.02. The molecule has 2 atom stereocenters. The maximum Gasteiger partial charge on any atom is 0.226 e. The number of rotatable bonds is 3. The number of amides is 1. The molecule has 2 aliphatic rings. The number of carbonyl (C=O) groups excluding carboxylic acids is 1. The van der Waals surface area contributed by atoms with E-state index in [0.717, 1.165) is 32.4 Å². The zero-order chi connectivity index (χ0) is 13.4. The van der Waals surface area contributed by atoms with Gasteiger partial charge in [-0.3, -0.25) is 4.79 Å². The SMILES string of the molecule is COC1CC(NC(=O)C2(C)CCNCC2)C1(C)C. The van der Waals surface area contributed by atoms with E-state index in [1.54, 1.807) is 7.11 Å². The second-order valence-corrected chi connectivity index (χ2v) is 6.62. The van der Waals surface area contributed by atoms with Gasteiger partial charge in [-0.2, -0.15) is 0 Å². The molecule has 0 aromatic rings. The summed E-state index contributed by atoms with van der Waals surface area (Å²) in [6.07, 6.45) is 3.06. The van der Waals surface area contributed by atoms with E-state index in [1.165, 1.54) is 0 Å². The summed E-state index contributed by atoms with van der Waals surface area (Å²) < 4.78 is 5.42. The summed E-state index contributed by atoms with van der Waals surface area (Å²) in [5.74, 6) is 0.219. The van der Waals surface area contributed by atoms with Gasteiger partial charge in [-0.05, 0) is 32.4 Å². The fraction of sp³-hybridized carbons (Fsp3) is 0.929. The Bertz CT molecular complexity index is 322. The molecular formula is C14H26N2O2. The van der Waals surface area contributed by atoms with Gasteiger partial charge in [-0.15, -0.1) is 0 Å². The Kier molecular flexibility index (Phi) is 3.70. The van der Waals surface area contributed by atoms with E-state index in [1.807, 2.05) is 0 Å². The maximum absolute atomic E-state index is 12.4. The number of piperidine rings is 1. The molecule has 2 rings (SSSR count). The minimum Gasteiger partial charge on any atom is -0.381 e. The molecule has 104 valence electrons. The molecule has 4 nitrogen and oxygen atoms in total. The highest BCUT2D eigenvalue weighted by atomic mass is 16.5. The van der Waals surface area contributed by atoms with Crippen LogP contribution < -0.4 is 10.6 Å². The van der Waals surface area contributed by atoms with Gasteiger partial charge in [-0.1, -0.05) is 20.8 Å². The van der Waals surface area contributed by atoms with E-state index in [-0.39, 0.29) is 28.9 Å². The lowest BCUT2D eigenvalue weighted by atomic mass is 9.64. The maximum atomic E-state index is 12.4. The Hall–Kier alpha value is -0.610. The molecule has 4 heteroatoms. The molecule has 1 saturated carbocycles. The summed E-state index contributed by atoms with van der Waals surface area (Å²) in [6.45, 7) is 8.31. The lowest BCUT2D eigenvalue weighted by molar-refractivity contribution is -0.142. The first-order valence-corrected chi connectivity index (χ1v) is 6.94. The van der Waals surface area contributed by atoms with Crippen molar-refractivity contribution in [3.8, 4) is 0 Å². The highest BCUT2D eigenvalue weighted by Crippen LogP contribution is 2.43. The quantitative estimate of drug-likeness (QED) is 0.798. The smallest absolute Gasteiger partial charge is 0.226 e. The van der Waals surface area contributed by atoms with Crippen molar-refractivity contribution in [3.05, 3.63) is 0 Å². The molecule has 1 aliphatic carbocycles. The standard InChI is InChI=1S/C14H26N2O2/c1-13(2)10(9-11(13)18-4)16-12(17)14(3)5-7-15-8-6-14/h10-11,15H,5-9H2,1-4H3,(H,16,17). The van der Waals surface area contributed by atoms with E-state index < -0.39 is 0 Å². The molecule has 2 unspecified atom stereocenters. The summed E-state index contributed by atoms with van der Waals surface area (Å²) >= 11 is 0. The van der Waals surface area contributed by atoms with Crippen LogP contribution in [0.25, 0.3) is 0 Å². The highest BCUT2D eigenvalue weighted by Gasteiger charge is 2.50. The first-order chi connectivity index (χ1) is 8.40. The minimum atomic E-state index is -0.195. The third-order valence-electron chi connectivity index (χ3n) is 5.02. The fourth-order valence-corrected chi connectivity index (χ4v) is 3.07. The van der Waals surface area contributed by atoms with Crippen molar-refractivity contribution in [3.63, 3.8) is 0 Å². The number of hydrogen-bond acceptors (Lipinski definition) is 3. The molecule has 0 aromatic heterocycles. The number of carbonyl (C=O) groups is 1. The van der Waals surface area contributed by atoms with Crippen LogP contribution in [-0.2, 0) is 9.53 Å². The number of nitrogens with one attached hydrogen (secondary N) is 2. The van der Waals surface area contributed by atoms with Crippen molar-refractivity contribution in [2.45, 2.75) is 52.2 Å². The molecule has 18 heavy (non-hydrogen) atoms. The van der Waals surface area contributed by atoms with E-state index >= 15 is 0 Å². The van der Waals surface area contributed by atoms with Crippen LogP contribution in [0.2, 0.25) is 0 Å². The van der Waals surface area contributed by atoms with Crippen LogP contribution in [-0.4, -0.2) is 38.3 Å². The average Bonchev–Trinajstić information content (AvgIpc) is 2.34. The van der Waals surface area contributed by atoms with E-state index in [9.17, 15) is 4.79 Å². The van der Waals surface area contributed by atoms with Gasteiger partial charge >= 0.3 is 0 Å². The van der Waals surface area contributed by atoms with Crippen LogP contribution in [0, 0.1) is 10.8 Å². The number of ether oxygens (including phenoxy) is 1. The largest absolute Gasteiger partial charge is 0.381 e. The van der Waals surface area contributed by atoms with Crippen molar-refractivity contribution in [2.24, 2.45) is 10.8 Å². The molecule has 0 bridgehead atoms. The zero-order valence-electron chi connectivity index (χ0n) is 12.0. The van der Waals surface area contributed by atoms with Crippen LogP contribution >= 0.6 is 0 Å². The molecule has 2 fully saturated rings. The Morgan fingerprint density at radius 3 is 2.39 bits per heavy atom. The molecule has 2 N–H and O–H groups in total. The van der Waals surface area contributed by atoms with E-state index in [2.05, 4.69) is 31.4 Å². The summed E-state index contributed by atoms with van der Waals surface area (Å²) in [4.78, 5) is 12.4. The zero-order valence-corrected chi connectivity index (χ0v) is 12.0. The monoisotopic (exact) mass is 254 g/mol. The normalized spacial score (nSPS) is 33.6.